The van der Waals surface area contributed by atoms with Crippen LogP contribution >= 0.6 is 0 Å². The molecule has 0 aliphatic carbocycles. The molecule has 7 N–H and O–H groups in total. The van der Waals surface area contributed by atoms with Gasteiger partial charge >= 0.3 is 11.6 Å². The van der Waals surface area contributed by atoms with Gasteiger partial charge in [-0.1, -0.05) is 0 Å². The standard InChI is InChI=1S/C16H22F2N2O11/c17-16(18)11(26)7(3-22)31-14(16)20-1-5(12(27)19-15(20)28)4-29-13-10(25)9(24)8(23)6(2-21)30-13/h1,6-11,13-14,21-26H,2-4H2,(H,19,27,28)/t6-,7-,8-,9+,10-,11-,13-,14-/m1/s1. The van der Waals surface area contributed by atoms with Crippen molar-refractivity contribution >= 4 is 0 Å². The highest BCUT2D eigenvalue weighted by Gasteiger charge is 2.59. The van der Waals surface area contributed by atoms with Crippen molar-refractivity contribution in [3.8, 4) is 0 Å². The van der Waals surface area contributed by atoms with Gasteiger partial charge in [-0.25, -0.2) is 4.79 Å². The minimum atomic E-state index is -3.98. The number of aliphatic hydroxyl groups is 6. The van der Waals surface area contributed by atoms with Crippen molar-refractivity contribution in [2.24, 2.45) is 0 Å². The SMILES string of the molecule is O=c1[nH]c(=O)n([C@@H]2O[C@H](CO)[C@@H](O)C2(F)F)cc1CO[C@@H]1O[C@H](CO)[C@@H](O)[C@H](O)[C@H]1O. The lowest BCUT2D eigenvalue weighted by molar-refractivity contribution is -0.304. The molecule has 3 heterocycles. The summed E-state index contributed by atoms with van der Waals surface area (Å²) in [5.74, 6) is -3.98. The van der Waals surface area contributed by atoms with Crippen molar-refractivity contribution in [2.75, 3.05) is 13.2 Å². The van der Waals surface area contributed by atoms with Crippen molar-refractivity contribution in [1.82, 2.24) is 9.55 Å². The molecule has 1 aromatic rings. The van der Waals surface area contributed by atoms with Gasteiger partial charge in [-0.2, -0.15) is 8.78 Å². The molecule has 2 aliphatic rings. The number of H-pyrrole nitrogens is 1. The molecule has 0 bridgehead atoms. The van der Waals surface area contributed by atoms with Crippen LogP contribution in [0.5, 0.6) is 0 Å². The van der Waals surface area contributed by atoms with Gasteiger partial charge in [0.25, 0.3) is 5.56 Å². The zero-order valence-electron chi connectivity index (χ0n) is 15.7. The fourth-order valence-electron chi connectivity index (χ4n) is 3.30. The van der Waals surface area contributed by atoms with Crippen LogP contribution < -0.4 is 11.2 Å². The second-order valence-corrected chi connectivity index (χ2v) is 7.16. The predicted octanol–water partition coefficient (Wildman–Crippen LogP) is -4.26. The summed E-state index contributed by atoms with van der Waals surface area (Å²) >= 11 is 0. The molecule has 176 valence electrons. The number of aliphatic hydroxyl groups excluding tert-OH is 6. The van der Waals surface area contributed by atoms with Gasteiger partial charge in [0.15, 0.2) is 12.4 Å². The highest BCUT2D eigenvalue weighted by atomic mass is 19.3. The molecule has 31 heavy (non-hydrogen) atoms. The van der Waals surface area contributed by atoms with Crippen LogP contribution in [0.15, 0.2) is 15.8 Å². The number of nitrogens with zero attached hydrogens (tertiary/aromatic N) is 1. The highest BCUT2D eigenvalue weighted by Crippen LogP contribution is 2.42. The first-order valence-electron chi connectivity index (χ1n) is 9.11. The molecule has 0 unspecified atom stereocenters. The Morgan fingerprint density at radius 1 is 1.03 bits per heavy atom. The van der Waals surface area contributed by atoms with Gasteiger partial charge < -0.3 is 44.8 Å². The Morgan fingerprint density at radius 3 is 2.26 bits per heavy atom. The van der Waals surface area contributed by atoms with E-state index in [1.165, 1.54) is 0 Å². The van der Waals surface area contributed by atoms with E-state index in [1.807, 2.05) is 0 Å². The Bertz CT molecular complexity index is 891. The van der Waals surface area contributed by atoms with E-state index in [2.05, 4.69) is 0 Å². The van der Waals surface area contributed by atoms with E-state index in [1.54, 1.807) is 4.98 Å². The van der Waals surface area contributed by atoms with Crippen molar-refractivity contribution in [3.63, 3.8) is 0 Å². The normalized spacial score (nSPS) is 37.8. The van der Waals surface area contributed by atoms with E-state index < -0.39 is 91.7 Å². The maximum absolute atomic E-state index is 14.3. The number of hydrogen-bond donors (Lipinski definition) is 7. The van der Waals surface area contributed by atoms with Crippen LogP contribution in [0.4, 0.5) is 8.78 Å². The Balaban J connectivity index is 1.82. The summed E-state index contributed by atoms with van der Waals surface area (Å²) < 4.78 is 44.1. The van der Waals surface area contributed by atoms with Gasteiger partial charge in [0.2, 0.25) is 6.23 Å². The molecule has 0 aromatic carbocycles. The second-order valence-electron chi connectivity index (χ2n) is 7.16. The van der Waals surface area contributed by atoms with Crippen molar-refractivity contribution in [1.29, 1.82) is 0 Å². The van der Waals surface area contributed by atoms with E-state index in [4.69, 9.17) is 24.4 Å². The summed E-state index contributed by atoms with van der Waals surface area (Å²) in [4.78, 5) is 25.9. The maximum atomic E-state index is 14.3. The number of halogens is 2. The third-order valence-corrected chi connectivity index (χ3v) is 5.11. The first-order valence-corrected chi connectivity index (χ1v) is 9.11. The van der Waals surface area contributed by atoms with Gasteiger partial charge in [-0.15, -0.1) is 0 Å². The van der Waals surface area contributed by atoms with Crippen LogP contribution in [0, 0.1) is 0 Å². The van der Waals surface area contributed by atoms with E-state index >= 15 is 0 Å². The molecule has 0 spiro atoms. The third-order valence-electron chi connectivity index (χ3n) is 5.11. The summed E-state index contributed by atoms with van der Waals surface area (Å²) in [7, 11) is 0. The molecule has 13 nitrogen and oxygen atoms in total. The maximum Gasteiger partial charge on any atom is 0.330 e. The number of alkyl halides is 2. The van der Waals surface area contributed by atoms with Gasteiger partial charge in [0.05, 0.1) is 25.4 Å². The van der Waals surface area contributed by atoms with E-state index in [9.17, 15) is 38.8 Å². The Labute approximate surface area is 171 Å². The summed E-state index contributed by atoms with van der Waals surface area (Å²) in [5.41, 5.74) is -2.69. The molecular formula is C16H22F2N2O11. The lowest BCUT2D eigenvalue weighted by atomic mass is 9.99. The molecule has 3 rings (SSSR count). The Morgan fingerprint density at radius 2 is 1.68 bits per heavy atom. The molecular weight excluding hydrogens is 434 g/mol. The number of ether oxygens (including phenoxy) is 3. The number of rotatable bonds is 6. The van der Waals surface area contributed by atoms with Crippen molar-refractivity contribution < 1.29 is 53.6 Å². The van der Waals surface area contributed by atoms with Crippen LogP contribution in [0.1, 0.15) is 11.8 Å². The molecule has 15 heteroatoms. The fraction of sp³-hybridized carbons (Fsp3) is 0.750. The number of aromatic amines is 1. The average Bonchev–Trinajstić information content (AvgIpc) is 2.96. The average molecular weight is 456 g/mol. The van der Waals surface area contributed by atoms with E-state index in [-0.39, 0.29) is 0 Å². The first kappa shape index (κ1) is 23.8. The third kappa shape index (κ3) is 4.28. The molecule has 8 atom stereocenters. The van der Waals surface area contributed by atoms with Gasteiger partial charge in [-0.3, -0.25) is 14.3 Å². The smallest absolute Gasteiger partial charge is 0.330 e. The van der Waals surface area contributed by atoms with Crippen molar-refractivity contribution in [3.05, 3.63) is 32.6 Å². The minimum absolute atomic E-state index is 0.312. The van der Waals surface area contributed by atoms with Crippen LogP contribution in [-0.2, 0) is 20.8 Å². The lowest BCUT2D eigenvalue weighted by Gasteiger charge is -2.39. The second kappa shape index (κ2) is 8.97. The van der Waals surface area contributed by atoms with Crippen LogP contribution in [0.2, 0.25) is 0 Å². The minimum Gasteiger partial charge on any atom is -0.394 e. The Kier molecular flexibility index (Phi) is 6.90. The Hall–Kier alpha value is -1.82. The molecule has 2 saturated heterocycles. The predicted molar refractivity (Wildman–Crippen MR) is 91.8 cm³/mol. The molecule has 0 amide bonds. The van der Waals surface area contributed by atoms with E-state index in [0.29, 0.717) is 10.8 Å². The van der Waals surface area contributed by atoms with Gasteiger partial charge in [0, 0.05) is 6.20 Å². The molecule has 0 radical (unpaired) electrons. The largest absolute Gasteiger partial charge is 0.394 e. The van der Waals surface area contributed by atoms with Crippen LogP contribution in [0.25, 0.3) is 0 Å². The lowest BCUT2D eigenvalue weighted by Crippen LogP contribution is -2.59. The van der Waals surface area contributed by atoms with Crippen LogP contribution in [0.3, 0.4) is 0 Å². The number of hydrogen-bond acceptors (Lipinski definition) is 11. The molecule has 0 saturated carbocycles. The zero-order chi connectivity index (χ0) is 23.1. The first-order chi connectivity index (χ1) is 14.5. The van der Waals surface area contributed by atoms with Crippen LogP contribution in [-0.4, -0.2) is 102 Å². The number of aromatic nitrogens is 2. The summed E-state index contributed by atoms with van der Waals surface area (Å²) in [6.07, 6.45) is -13.8. The summed E-state index contributed by atoms with van der Waals surface area (Å²) in [6.45, 7) is -2.38. The fourth-order valence-corrected chi connectivity index (χ4v) is 3.30. The van der Waals surface area contributed by atoms with Crippen molar-refractivity contribution in [2.45, 2.75) is 61.7 Å². The highest BCUT2D eigenvalue weighted by molar-refractivity contribution is 5.06. The molecule has 2 fully saturated rings. The van der Waals surface area contributed by atoms with Gasteiger partial charge in [0.1, 0.15) is 30.5 Å². The number of nitrogens with one attached hydrogen (secondary N) is 1. The molecule has 2 aliphatic heterocycles. The van der Waals surface area contributed by atoms with E-state index in [0.717, 1.165) is 0 Å². The summed E-state index contributed by atoms with van der Waals surface area (Å²) in [6, 6.07) is 0. The molecule has 1 aromatic heterocycles. The summed E-state index contributed by atoms with van der Waals surface area (Å²) in [5, 5.41) is 57.3. The topological polar surface area (TPSA) is 204 Å². The monoisotopic (exact) mass is 456 g/mol. The van der Waals surface area contributed by atoms with Gasteiger partial charge in [-0.05, 0) is 0 Å². The zero-order valence-corrected chi connectivity index (χ0v) is 15.7. The quantitative estimate of drug-likeness (QED) is 0.218.